The van der Waals surface area contributed by atoms with E-state index in [9.17, 15) is 10.2 Å². The number of hydrogen-bond donors (Lipinski definition) is 3. The maximum atomic E-state index is 9.97. The molecule has 5 nitrogen and oxygen atoms in total. The Bertz CT molecular complexity index is 247. The number of aliphatic hydroxyl groups is 3. The fourth-order valence-electron chi connectivity index (χ4n) is 2.58. The molecule has 0 aromatic rings. The third-order valence-corrected chi connectivity index (χ3v) is 3.44. The topological polar surface area (TPSA) is 79.2 Å². The standard InChI is InChI=1S/C11H20O5/c1-7-2-4-11(15-7)10(14)9(13)6-8(16-11)3-5-12/h7-10,12-14H,2-6H2,1H3/t7-,8-,9-,10+,11+/m0/s1. The lowest BCUT2D eigenvalue weighted by Gasteiger charge is -2.44. The van der Waals surface area contributed by atoms with E-state index in [1.54, 1.807) is 0 Å². The van der Waals surface area contributed by atoms with Gasteiger partial charge in [0.25, 0.3) is 0 Å². The highest BCUT2D eigenvalue weighted by atomic mass is 16.7. The third kappa shape index (κ3) is 2.10. The molecule has 0 aliphatic carbocycles. The van der Waals surface area contributed by atoms with Crippen molar-refractivity contribution in [2.24, 2.45) is 0 Å². The summed E-state index contributed by atoms with van der Waals surface area (Å²) in [6, 6.07) is 0. The molecule has 2 aliphatic rings. The first-order chi connectivity index (χ1) is 7.57. The zero-order valence-corrected chi connectivity index (χ0v) is 9.50. The zero-order chi connectivity index (χ0) is 11.8. The summed E-state index contributed by atoms with van der Waals surface area (Å²) in [5.74, 6) is -1.06. The van der Waals surface area contributed by atoms with Crippen molar-refractivity contribution in [1.29, 1.82) is 0 Å². The van der Waals surface area contributed by atoms with E-state index in [4.69, 9.17) is 14.6 Å². The van der Waals surface area contributed by atoms with Gasteiger partial charge >= 0.3 is 0 Å². The van der Waals surface area contributed by atoms with Gasteiger partial charge in [-0.15, -0.1) is 0 Å². The van der Waals surface area contributed by atoms with Gasteiger partial charge in [-0.2, -0.15) is 0 Å². The maximum Gasteiger partial charge on any atom is 0.197 e. The first kappa shape index (κ1) is 12.3. The van der Waals surface area contributed by atoms with Crippen LogP contribution in [0.15, 0.2) is 0 Å². The maximum absolute atomic E-state index is 9.97. The molecule has 94 valence electrons. The second-order valence-electron chi connectivity index (χ2n) is 4.78. The van der Waals surface area contributed by atoms with Crippen LogP contribution in [0.1, 0.15) is 32.6 Å². The predicted octanol–water partition coefficient (Wildman–Crippen LogP) is -0.225. The molecule has 5 atom stereocenters. The molecule has 1 spiro atoms. The lowest BCUT2D eigenvalue weighted by Crippen LogP contribution is -2.58. The number of rotatable bonds is 2. The van der Waals surface area contributed by atoms with Gasteiger partial charge in [0.05, 0.1) is 18.3 Å². The molecule has 0 amide bonds. The van der Waals surface area contributed by atoms with E-state index in [1.807, 2.05) is 6.92 Å². The second kappa shape index (κ2) is 4.58. The van der Waals surface area contributed by atoms with Gasteiger partial charge in [-0.3, -0.25) is 0 Å². The van der Waals surface area contributed by atoms with E-state index >= 15 is 0 Å². The minimum absolute atomic E-state index is 0.0130. The van der Waals surface area contributed by atoms with Gasteiger partial charge in [-0.05, 0) is 19.8 Å². The molecule has 0 unspecified atom stereocenters. The minimum Gasteiger partial charge on any atom is -0.396 e. The van der Waals surface area contributed by atoms with Gasteiger partial charge in [0.15, 0.2) is 5.79 Å². The Kier molecular flexibility index (Phi) is 3.51. The van der Waals surface area contributed by atoms with Crippen molar-refractivity contribution in [3.8, 4) is 0 Å². The van der Waals surface area contributed by atoms with Crippen LogP contribution in [0.4, 0.5) is 0 Å². The smallest absolute Gasteiger partial charge is 0.197 e. The summed E-state index contributed by atoms with van der Waals surface area (Å²) in [6.45, 7) is 1.94. The highest BCUT2D eigenvalue weighted by molar-refractivity contribution is 4.95. The average molecular weight is 232 g/mol. The molecule has 0 bridgehead atoms. The molecular weight excluding hydrogens is 212 g/mol. The van der Waals surface area contributed by atoms with Crippen molar-refractivity contribution in [2.75, 3.05) is 6.61 Å². The Morgan fingerprint density at radius 3 is 2.62 bits per heavy atom. The van der Waals surface area contributed by atoms with Gasteiger partial charge in [-0.1, -0.05) is 0 Å². The molecule has 3 N–H and O–H groups in total. The fourth-order valence-corrected chi connectivity index (χ4v) is 2.58. The van der Waals surface area contributed by atoms with Crippen LogP contribution in [0.25, 0.3) is 0 Å². The summed E-state index contributed by atoms with van der Waals surface area (Å²) >= 11 is 0. The lowest BCUT2D eigenvalue weighted by molar-refractivity contribution is -0.331. The summed E-state index contributed by atoms with van der Waals surface area (Å²) in [4.78, 5) is 0. The van der Waals surface area contributed by atoms with E-state index < -0.39 is 18.0 Å². The number of aliphatic hydroxyl groups excluding tert-OH is 3. The Morgan fingerprint density at radius 2 is 2.06 bits per heavy atom. The third-order valence-electron chi connectivity index (χ3n) is 3.44. The van der Waals surface area contributed by atoms with E-state index in [-0.39, 0.29) is 18.8 Å². The van der Waals surface area contributed by atoms with Crippen LogP contribution in [0, 0.1) is 0 Å². The Labute approximate surface area is 95.0 Å². The molecule has 2 heterocycles. The van der Waals surface area contributed by atoms with Gasteiger partial charge in [0, 0.05) is 19.4 Å². The van der Waals surface area contributed by atoms with E-state index in [0.29, 0.717) is 19.3 Å². The van der Waals surface area contributed by atoms with Gasteiger partial charge in [0.2, 0.25) is 0 Å². The Morgan fingerprint density at radius 1 is 1.31 bits per heavy atom. The molecule has 0 radical (unpaired) electrons. The first-order valence-electron chi connectivity index (χ1n) is 5.90. The predicted molar refractivity (Wildman–Crippen MR) is 55.7 cm³/mol. The Hall–Kier alpha value is -0.200. The summed E-state index contributed by atoms with van der Waals surface area (Å²) in [5, 5.41) is 28.7. The molecule has 2 saturated heterocycles. The molecule has 0 aromatic heterocycles. The highest BCUT2D eigenvalue weighted by Crippen LogP contribution is 2.41. The molecule has 2 rings (SSSR count). The van der Waals surface area contributed by atoms with Crippen molar-refractivity contribution in [3.05, 3.63) is 0 Å². The summed E-state index contributed by atoms with van der Waals surface area (Å²) in [7, 11) is 0. The SMILES string of the molecule is C[C@H]1CC[C@]2(O[C@@H](CCO)C[C@H](O)[C@H]2O)O1. The van der Waals surface area contributed by atoms with Crippen LogP contribution in [0.3, 0.4) is 0 Å². The summed E-state index contributed by atoms with van der Waals surface area (Å²) < 4.78 is 11.4. The zero-order valence-electron chi connectivity index (χ0n) is 9.50. The van der Waals surface area contributed by atoms with Gasteiger partial charge in [0.1, 0.15) is 6.10 Å². The number of hydrogen-bond acceptors (Lipinski definition) is 5. The summed E-state index contributed by atoms with van der Waals surface area (Å²) in [6.07, 6.45) is 0.181. The van der Waals surface area contributed by atoms with Crippen LogP contribution in [-0.4, -0.2) is 52.1 Å². The molecule has 2 fully saturated rings. The lowest BCUT2D eigenvalue weighted by atomic mass is 9.92. The van der Waals surface area contributed by atoms with Crippen LogP contribution in [0.2, 0.25) is 0 Å². The van der Waals surface area contributed by atoms with Crippen LogP contribution < -0.4 is 0 Å². The second-order valence-corrected chi connectivity index (χ2v) is 4.78. The van der Waals surface area contributed by atoms with Crippen LogP contribution in [0.5, 0.6) is 0 Å². The highest BCUT2D eigenvalue weighted by Gasteiger charge is 2.53. The van der Waals surface area contributed by atoms with E-state index in [2.05, 4.69) is 0 Å². The van der Waals surface area contributed by atoms with Crippen molar-refractivity contribution in [3.63, 3.8) is 0 Å². The van der Waals surface area contributed by atoms with Crippen molar-refractivity contribution in [1.82, 2.24) is 0 Å². The van der Waals surface area contributed by atoms with Crippen LogP contribution >= 0.6 is 0 Å². The minimum atomic E-state index is -1.06. The molecule has 0 saturated carbocycles. The van der Waals surface area contributed by atoms with Gasteiger partial charge < -0.3 is 24.8 Å². The van der Waals surface area contributed by atoms with Crippen molar-refractivity contribution in [2.45, 2.75) is 62.8 Å². The molecule has 16 heavy (non-hydrogen) atoms. The summed E-state index contributed by atoms with van der Waals surface area (Å²) in [5.41, 5.74) is 0. The molecule has 0 aromatic carbocycles. The Balaban J connectivity index is 2.09. The van der Waals surface area contributed by atoms with Gasteiger partial charge in [-0.25, -0.2) is 0 Å². The largest absolute Gasteiger partial charge is 0.396 e. The van der Waals surface area contributed by atoms with Crippen molar-refractivity contribution >= 4 is 0 Å². The normalized spacial score (nSPS) is 48.8. The fraction of sp³-hybridized carbons (Fsp3) is 1.00. The first-order valence-corrected chi connectivity index (χ1v) is 5.90. The van der Waals surface area contributed by atoms with Crippen LogP contribution in [-0.2, 0) is 9.47 Å². The quantitative estimate of drug-likeness (QED) is 0.613. The monoisotopic (exact) mass is 232 g/mol. The molecule has 5 heteroatoms. The average Bonchev–Trinajstić information content (AvgIpc) is 2.58. The van der Waals surface area contributed by atoms with E-state index in [1.165, 1.54) is 0 Å². The van der Waals surface area contributed by atoms with E-state index in [0.717, 1.165) is 6.42 Å². The number of ether oxygens (including phenoxy) is 2. The van der Waals surface area contributed by atoms with Crippen molar-refractivity contribution < 1.29 is 24.8 Å². The molecular formula is C11H20O5. The molecule has 2 aliphatic heterocycles.